The van der Waals surface area contributed by atoms with Crippen molar-refractivity contribution >= 4 is 5.97 Å². The van der Waals surface area contributed by atoms with Crippen LogP contribution < -0.4 is 0 Å². The van der Waals surface area contributed by atoms with E-state index in [9.17, 15) is 45.6 Å². The maximum absolute atomic E-state index is 12.2. The Morgan fingerprint density at radius 2 is 1.45 bits per heavy atom. The van der Waals surface area contributed by atoms with Crippen LogP contribution in [0.5, 0.6) is 0 Å². The van der Waals surface area contributed by atoms with Crippen molar-refractivity contribution in [2.45, 2.75) is 180 Å². The molecule has 0 amide bonds. The van der Waals surface area contributed by atoms with E-state index in [1.807, 2.05) is 0 Å². The first-order valence-electron chi connectivity index (χ1n) is 20.8. The van der Waals surface area contributed by atoms with Crippen molar-refractivity contribution in [3.8, 4) is 0 Å². The number of aliphatic carboxylic acids is 1. The summed E-state index contributed by atoms with van der Waals surface area (Å²) in [5, 5.41) is 84.0. The Labute approximate surface area is 325 Å². The summed E-state index contributed by atoms with van der Waals surface area (Å²) in [7, 11) is 0. The maximum atomic E-state index is 12.2. The third kappa shape index (κ3) is 6.31. The normalized spacial score (nSPS) is 53.2. The second kappa shape index (κ2) is 14.2. The molecule has 6 fully saturated rings. The van der Waals surface area contributed by atoms with Gasteiger partial charge in [0.05, 0.1) is 12.7 Å². The van der Waals surface area contributed by atoms with Gasteiger partial charge in [0.15, 0.2) is 18.7 Å². The third-order valence-corrected chi connectivity index (χ3v) is 17.3. The fourth-order valence-corrected chi connectivity index (χ4v) is 13.6. The van der Waals surface area contributed by atoms with Gasteiger partial charge in [0, 0.05) is 12.0 Å². The van der Waals surface area contributed by atoms with E-state index < -0.39 is 85.5 Å². The Bertz CT molecular complexity index is 1480. The number of aliphatic hydroxyl groups excluding tert-OH is 7. The lowest BCUT2D eigenvalue weighted by Gasteiger charge is -2.71. The summed E-state index contributed by atoms with van der Waals surface area (Å²) in [6.45, 7) is 16.2. The Kier molecular flexibility index (Phi) is 10.8. The molecule has 2 heterocycles. The lowest BCUT2D eigenvalue weighted by Crippen LogP contribution is -2.67. The number of carboxylic acid groups (broad SMARTS) is 1. The van der Waals surface area contributed by atoms with E-state index in [1.54, 1.807) is 5.57 Å². The summed E-state index contributed by atoms with van der Waals surface area (Å²) in [6, 6.07) is 0. The number of hydrogen-bond acceptors (Lipinski definition) is 12. The van der Waals surface area contributed by atoms with Gasteiger partial charge in [0.2, 0.25) is 0 Å². The summed E-state index contributed by atoms with van der Waals surface area (Å²) in [4.78, 5) is 12.2. The van der Waals surface area contributed by atoms with Crippen LogP contribution in [0.25, 0.3) is 0 Å². The first kappa shape index (κ1) is 41.9. The van der Waals surface area contributed by atoms with Gasteiger partial charge in [0.25, 0.3) is 0 Å². The molecule has 0 aromatic carbocycles. The van der Waals surface area contributed by atoms with Crippen molar-refractivity contribution in [2.75, 3.05) is 13.2 Å². The fraction of sp³-hybridized carbons (Fsp3) is 0.929. The van der Waals surface area contributed by atoms with Crippen LogP contribution in [0, 0.1) is 50.2 Å². The van der Waals surface area contributed by atoms with Crippen LogP contribution >= 0.6 is 0 Å². The number of aliphatic hydroxyl groups is 7. The second-order valence-electron chi connectivity index (χ2n) is 20.8. The standard InChI is InChI=1S/C42H68O13/c1-37(2)14-16-42(20-44)17-15-40(6)21(22(42)18-37)8-9-25-39(5)12-11-26(38(3,4)24(39)10-13-41(25,40)7)53-36-33(30(48)29(47)32(54-36)34(50)51)55-35-31(49)28(46)27(45)23(19-43)52-35/h8,22-33,35-36,43-49H,9-20H2,1-7H3,(H,50,51). The summed E-state index contributed by atoms with van der Waals surface area (Å²) in [5.74, 6) is -0.473. The summed E-state index contributed by atoms with van der Waals surface area (Å²) < 4.78 is 24.0. The molecule has 2 aliphatic heterocycles. The molecule has 7 rings (SSSR count). The Hall–Kier alpha value is -1.23. The van der Waals surface area contributed by atoms with Gasteiger partial charge in [-0.2, -0.15) is 0 Å². The molecule has 13 nitrogen and oxygen atoms in total. The number of allylic oxidation sites excluding steroid dienone is 2. The highest BCUT2D eigenvalue weighted by molar-refractivity contribution is 5.73. The van der Waals surface area contributed by atoms with E-state index in [0.29, 0.717) is 18.3 Å². The molecule has 55 heavy (non-hydrogen) atoms. The van der Waals surface area contributed by atoms with Crippen LogP contribution in [0.1, 0.15) is 113 Å². The topological polar surface area (TPSA) is 216 Å². The number of carbonyl (C=O) groups is 1. The summed E-state index contributed by atoms with van der Waals surface area (Å²) in [6.07, 6.45) is -4.80. The smallest absolute Gasteiger partial charge is 0.335 e. The highest BCUT2D eigenvalue weighted by Gasteiger charge is 2.69. The largest absolute Gasteiger partial charge is 0.479 e. The molecule has 7 aliphatic rings. The van der Waals surface area contributed by atoms with Crippen LogP contribution in [0.3, 0.4) is 0 Å². The van der Waals surface area contributed by atoms with Crippen molar-refractivity contribution in [3.63, 3.8) is 0 Å². The molecular weight excluding hydrogens is 712 g/mol. The average molecular weight is 781 g/mol. The van der Waals surface area contributed by atoms with E-state index in [2.05, 4.69) is 54.5 Å². The molecule has 5 aliphatic carbocycles. The number of hydrogen-bond donors (Lipinski definition) is 8. The van der Waals surface area contributed by atoms with E-state index >= 15 is 0 Å². The summed E-state index contributed by atoms with van der Waals surface area (Å²) in [5.41, 5.74) is 1.39. The van der Waals surface area contributed by atoms with Crippen LogP contribution in [0.2, 0.25) is 0 Å². The van der Waals surface area contributed by atoms with Crippen molar-refractivity contribution in [1.29, 1.82) is 0 Å². The second-order valence-corrected chi connectivity index (χ2v) is 20.8. The van der Waals surface area contributed by atoms with Gasteiger partial charge in [-0.15, -0.1) is 0 Å². The molecular formula is C42H68O13. The third-order valence-electron chi connectivity index (χ3n) is 17.3. The molecule has 8 N–H and O–H groups in total. The molecule has 0 aromatic heterocycles. The van der Waals surface area contributed by atoms with Gasteiger partial charge in [-0.05, 0) is 109 Å². The quantitative estimate of drug-likeness (QED) is 0.138. The molecule has 0 spiro atoms. The molecule has 0 bridgehead atoms. The van der Waals surface area contributed by atoms with E-state index in [0.717, 1.165) is 57.8 Å². The lowest BCUT2D eigenvalue weighted by molar-refractivity contribution is -0.374. The molecule has 18 atom stereocenters. The molecule has 18 unspecified atom stereocenters. The van der Waals surface area contributed by atoms with Crippen LogP contribution in [0.15, 0.2) is 11.6 Å². The molecule has 0 aromatic rings. The molecule has 2 saturated heterocycles. The fourth-order valence-electron chi connectivity index (χ4n) is 13.6. The van der Waals surface area contributed by atoms with E-state index in [1.165, 1.54) is 0 Å². The highest BCUT2D eigenvalue weighted by atomic mass is 16.8. The van der Waals surface area contributed by atoms with Crippen LogP contribution in [-0.2, 0) is 23.7 Å². The van der Waals surface area contributed by atoms with Crippen molar-refractivity contribution in [3.05, 3.63) is 11.6 Å². The molecule has 0 radical (unpaired) electrons. The number of carboxylic acids is 1. The Morgan fingerprint density at radius 1 is 0.764 bits per heavy atom. The summed E-state index contributed by atoms with van der Waals surface area (Å²) >= 11 is 0. The molecule has 314 valence electrons. The highest BCUT2D eigenvalue weighted by Crippen LogP contribution is 2.76. The molecule has 4 saturated carbocycles. The zero-order valence-electron chi connectivity index (χ0n) is 33.8. The predicted molar refractivity (Wildman–Crippen MR) is 198 cm³/mol. The van der Waals surface area contributed by atoms with Crippen LogP contribution in [-0.4, -0.2) is 128 Å². The first-order chi connectivity index (χ1) is 25.6. The number of fused-ring (bicyclic) bond motifs is 7. The lowest BCUT2D eigenvalue weighted by atomic mass is 9.33. The Balaban J connectivity index is 1.15. The van der Waals surface area contributed by atoms with E-state index in [4.69, 9.17) is 18.9 Å². The van der Waals surface area contributed by atoms with Crippen LogP contribution in [0.4, 0.5) is 0 Å². The predicted octanol–water partition coefficient (Wildman–Crippen LogP) is 2.88. The minimum atomic E-state index is -1.92. The zero-order chi connectivity index (χ0) is 40.3. The minimum Gasteiger partial charge on any atom is -0.479 e. The molecule has 13 heteroatoms. The van der Waals surface area contributed by atoms with Gasteiger partial charge < -0.3 is 59.8 Å². The number of rotatable bonds is 7. The SMILES string of the molecule is CC1(C)CCC2(CO)CCC3(C)C(=CCC4C5(C)CCC(OC6OC(C(=O)O)C(O)C(O)C6OC6OC(CO)C(O)C(O)C6O)C(C)(C)C5CCC43C)C2C1. The average Bonchev–Trinajstić information content (AvgIpc) is 3.12. The van der Waals surface area contributed by atoms with Gasteiger partial charge >= 0.3 is 5.97 Å². The van der Waals surface area contributed by atoms with Crippen molar-refractivity contribution in [2.24, 2.45) is 50.2 Å². The number of ether oxygens (including phenoxy) is 4. The maximum Gasteiger partial charge on any atom is 0.335 e. The zero-order valence-corrected chi connectivity index (χ0v) is 33.8. The van der Waals surface area contributed by atoms with Gasteiger partial charge in [-0.1, -0.05) is 60.1 Å². The van der Waals surface area contributed by atoms with Gasteiger partial charge in [-0.3, -0.25) is 0 Å². The monoisotopic (exact) mass is 780 g/mol. The van der Waals surface area contributed by atoms with Crippen molar-refractivity contribution in [1.82, 2.24) is 0 Å². The van der Waals surface area contributed by atoms with Crippen molar-refractivity contribution < 1.29 is 64.6 Å². The van der Waals surface area contributed by atoms with Gasteiger partial charge in [0.1, 0.15) is 42.7 Å². The van der Waals surface area contributed by atoms with E-state index in [-0.39, 0.29) is 39.6 Å². The first-order valence-corrected chi connectivity index (χ1v) is 20.8. The minimum absolute atomic E-state index is 0.0197. The van der Waals surface area contributed by atoms with Gasteiger partial charge in [-0.25, -0.2) is 4.79 Å². The Morgan fingerprint density at radius 3 is 2.11 bits per heavy atom.